The lowest BCUT2D eigenvalue weighted by molar-refractivity contribution is 0.630. The average Bonchev–Trinajstić information content (AvgIpc) is 3.21. The molecule has 0 aliphatic carbocycles. The summed E-state index contributed by atoms with van der Waals surface area (Å²) in [5.41, 5.74) is 4.78. The van der Waals surface area contributed by atoms with Crippen LogP contribution in [-0.4, -0.2) is 25.4 Å². The molecule has 2 N–H and O–H groups in total. The van der Waals surface area contributed by atoms with Crippen molar-refractivity contribution in [2.75, 3.05) is 5.32 Å². The zero-order valence-electron chi connectivity index (χ0n) is 15.5. The minimum absolute atomic E-state index is 0.323. The molecule has 2 aromatic heterocycles. The minimum Gasteiger partial charge on any atom is -0.347 e. The van der Waals surface area contributed by atoms with Gasteiger partial charge in [0.05, 0.1) is 41.5 Å². The summed E-state index contributed by atoms with van der Waals surface area (Å²) in [5, 5.41) is 27.2. The van der Waals surface area contributed by atoms with Gasteiger partial charge in [-0.1, -0.05) is 18.2 Å². The molecule has 4 aromatic rings. The molecule has 0 atom stereocenters. The van der Waals surface area contributed by atoms with Crippen LogP contribution in [0.1, 0.15) is 16.8 Å². The zero-order chi connectivity index (χ0) is 20.2. The molecule has 2 heterocycles. The van der Waals surface area contributed by atoms with Gasteiger partial charge in [-0.25, -0.2) is 9.37 Å². The average molecular weight is 385 g/mol. The first-order valence-corrected chi connectivity index (χ1v) is 8.88. The van der Waals surface area contributed by atoms with Gasteiger partial charge < -0.3 is 5.32 Å². The van der Waals surface area contributed by atoms with Crippen molar-refractivity contribution in [2.45, 2.75) is 13.5 Å². The summed E-state index contributed by atoms with van der Waals surface area (Å²) in [7, 11) is 0. The summed E-state index contributed by atoms with van der Waals surface area (Å²) < 4.78 is 13.9. The fraction of sp³-hybridized carbons (Fsp3) is 0.0952. The number of H-pyrrole nitrogens is 1. The van der Waals surface area contributed by atoms with Crippen LogP contribution >= 0.6 is 0 Å². The molecule has 0 saturated carbocycles. The molecule has 7 nitrogen and oxygen atoms in total. The standard InChI is InChI=1S/C21H16FN7/c1-13-8-14(10-23)6-7-16(13)20-12-25-29-21(26-20)24-11-15-9-19(28-27-15)17-4-2-3-5-18(17)22/h2-9,12H,11H2,1H3,(H,27,28)(H,24,26,29). The van der Waals surface area contributed by atoms with E-state index in [0.29, 0.717) is 35.0 Å². The van der Waals surface area contributed by atoms with Gasteiger partial charge in [-0.3, -0.25) is 5.10 Å². The Morgan fingerprint density at radius 1 is 1.10 bits per heavy atom. The SMILES string of the molecule is Cc1cc(C#N)ccc1-c1cnnc(NCc2cc(-c3ccccc3F)n[nH]2)n1. The van der Waals surface area contributed by atoms with Gasteiger partial charge in [0, 0.05) is 11.1 Å². The highest BCUT2D eigenvalue weighted by Gasteiger charge is 2.10. The number of nitrogens with zero attached hydrogens (tertiary/aromatic N) is 5. The maximum atomic E-state index is 13.9. The van der Waals surface area contributed by atoms with Gasteiger partial charge >= 0.3 is 0 Å². The van der Waals surface area contributed by atoms with E-state index in [-0.39, 0.29) is 5.82 Å². The summed E-state index contributed by atoms with van der Waals surface area (Å²) in [4.78, 5) is 4.49. The molecule has 0 spiro atoms. The largest absolute Gasteiger partial charge is 0.347 e. The van der Waals surface area contributed by atoms with Gasteiger partial charge in [-0.15, -0.1) is 5.10 Å². The van der Waals surface area contributed by atoms with E-state index in [0.717, 1.165) is 16.8 Å². The predicted molar refractivity (Wildman–Crippen MR) is 106 cm³/mol. The van der Waals surface area contributed by atoms with Crippen LogP contribution in [0.15, 0.2) is 54.7 Å². The molecule has 0 aliphatic heterocycles. The van der Waals surface area contributed by atoms with Crippen LogP contribution in [0.5, 0.6) is 0 Å². The highest BCUT2D eigenvalue weighted by atomic mass is 19.1. The number of hydrogen-bond acceptors (Lipinski definition) is 6. The van der Waals surface area contributed by atoms with Gasteiger partial charge in [-0.2, -0.15) is 15.5 Å². The molecular weight excluding hydrogens is 369 g/mol. The predicted octanol–water partition coefficient (Wildman–Crippen LogP) is 3.86. The van der Waals surface area contributed by atoms with E-state index in [1.54, 1.807) is 42.6 Å². The molecule has 0 amide bonds. The van der Waals surface area contributed by atoms with Crippen molar-refractivity contribution in [3.8, 4) is 28.6 Å². The van der Waals surface area contributed by atoms with Crippen molar-refractivity contribution in [3.05, 3.63) is 77.4 Å². The lowest BCUT2D eigenvalue weighted by Gasteiger charge is -2.07. The fourth-order valence-electron chi connectivity index (χ4n) is 2.96. The van der Waals surface area contributed by atoms with Gasteiger partial charge in [0.1, 0.15) is 5.82 Å². The number of aromatic amines is 1. The van der Waals surface area contributed by atoms with Crippen molar-refractivity contribution >= 4 is 5.95 Å². The first-order chi connectivity index (χ1) is 14.1. The third-order valence-electron chi connectivity index (χ3n) is 4.41. The Bertz CT molecular complexity index is 1210. The molecule has 0 fully saturated rings. The highest BCUT2D eigenvalue weighted by Crippen LogP contribution is 2.23. The molecule has 0 aliphatic rings. The van der Waals surface area contributed by atoms with Crippen molar-refractivity contribution in [1.82, 2.24) is 25.4 Å². The Hall–Kier alpha value is -4.12. The molecule has 4 rings (SSSR count). The maximum Gasteiger partial charge on any atom is 0.243 e. The van der Waals surface area contributed by atoms with Crippen LogP contribution < -0.4 is 5.32 Å². The number of rotatable bonds is 5. The van der Waals surface area contributed by atoms with Gasteiger partial charge in [0.25, 0.3) is 0 Å². The molecular formula is C21H16FN7. The van der Waals surface area contributed by atoms with E-state index in [4.69, 9.17) is 5.26 Å². The van der Waals surface area contributed by atoms with Gasteiger partial charge in [-0.05, 0) is 42.8 Å². The zero-order valence-corrected chi connectivity index (χ0v) is 15.5. The molecule has 142 valence electrons. The Kier molecular flexibility index (Phi) is 4.95. The Morgan fingerprint density at radius 3 is 2.76 bits per heavy atom. The molecule has 0 unspecified atom stereocenters. The summed E-state index contributed by atoms with van der Waals surface area (Å²) in [6, 6.07) is 15.8. The first kappa shape index (κ1) is 18.3. The number of aryl methyl sites for hydroxylation is 1. The Morgan fingerprint density at radius 2 is 1.97 bits per heavy atom. The number of nitrogens with one attached hydrogen (secondary N) is 2. The van der Waals surface area contributed by atoms with Crippen LogP contribution in [0.25, 0.3) is 22.5 Å². The summed E-state index contributed by atoms with van der Waals surface area (Å²) in [6.07, 6.45) is 1.58. The first-order valence-electron chi connectivity index (χ1n) is 8.88. The van der Waals surface area contributed by atoms with E-state index < -0.39 is 0 Å². The van der Waals surface area contributed by atoms with Crippen LogP contribution in [0, 0.1) is 24.1 Å². The highest BCUT2D eigenvalue weighted by molar-refractivity contribution is 5.65. The molecule has 2 aromatic carbocycles. The summed E-state index contributed by atoms with van der Waals surface area (Å²) >= 11 is 0. The van der Waals surface area contributed by atoms with Crippen molar-refractivity contribution in [2.24, 2.45) is 0 Å². The number of aromatic nitrogens is 5. The maximum absolute atomic E-state index is 13.9. The second kappa shape index (κ2) is 7.86. The smallest absolute Gasteiger partial charge is 0.243 e. The van der Waals surface area contributed by atoms with Crippen LogP contribution in [-0.2, 0) is 6.54 Å². The second-order valence-corrected chi connectivity index (χ2v) is 6.42. The van der Waals surface area contributed by atoms with E-state index in [2.05, 4.69) is 36.8 Å². The van der Waals surface area contributed by atoms with Crippen molar-refractivity contribution < 1.29 is 4.39 Å². The van der Waals surface area contributed by atoms with Crippen molar-refractivity contribution in [1.29, 1.82) is 5.26 Å². The van der Waals surface area contributed by atoms with E-state index in [1.807, 2.05) is 13.0 Å². The number of hydrogen-bond donors (Lipinski definition) is 2. The molecule has 29 heavy (non-hydrogen) atoms. The van der Waals surface area contributed by atoms with E-state index >= 15 is 0 Å². The van der Waals surface area contributed by atoms with Gasteiger partial charge in [0.2, 0.25) is 5.95 Å². The monoisotopic (exact) mass is 385 g/mol. The van der Waals surface area contributed by atoms with Crippen LogP contribution in [0.3, 0.4) is 0 Å². The topological polar surface area (TPSA) is 103 Å². The summed E-state index contributed by atoms with van der Waals surface area (Å²) in [6.45, 7) is 2.29. The van der Waals surface area contributed by atoms with E-state index in [9.17, 15) is 4.39 Å². The van der Waals surface area contributed by atoms with Crippen molar-refractivity contribution in [3.63, 3.8) is 0 Å². The quantitative estimate of drug-likeness (QED) is 0.541. The summed E-state index contributed by atoms with van der Waals surface area (Å²) in [5.74, 6) is 0.0323. The third kappa shape index (κ3) is 3.94. The number of benzene rings is 2. The second-order valence-electron chi connectivity index (χ2n) is 6.42. The molecule has 0 saturated heterocycles. The molecule has 0 radical (unpaired) electrons. The normalized spacial score (nSPS) is 10.5. The fourth-order valence-corrected chi connectivity index (χ4v) is 2.96. The van der Waals surface area contributed by atoms with Crippen LogP contribution in [0.4, 0.5) is 10.3 Å². The Labute approximate surface area is 166 Å². The number of anilines is 1. The Balaban J connectivity index is 1.50. The lowest BCUT2D eigenvalue weighted by atomic mass is 10.0. The van der Waals surface area contributed by atoms with Gasteiger partial charge in [0.15, 0.2) is 0 Å². The molecule has 0 bridgehead atoms. The van der Waals surface area contributed by atoms with E-state index in [1.165, 1.54) is 6.07 Å². The number of halogens is 1. The third-order valence-corrected chi connectivity index (χ3v) is 4.41. The molecule has 8 heteroatoms. The van der Waals surface area contributed by atoms with Crippen LogP contribution in [0.2, 0.25) is 0 Å². The minimum atomic E-state index is -0.323. The number of nitriles is 1. The lowest BCUT2D eigenvalue weighted by Crippen LogP contribution is -2.05.